The predicted molar refractivity (Wildman–Crippen MR) is 55.6 cm³/mol. The molecule has 0 aliphatic heterocycles. The molecule has 0 fully saturated rings. The molecular formula is C12H14O2. The summed E-state index contributed by atoms with van der Waals surface area (Å²) in [7, 11) is 1.49. The van der Waals surface area contributed by atoms with E-state index in [4.69, 9.17) is 11.2 Å². The second kappa shape index (κ2) is 4.28. The summed E-state index contributed by atoms with van der Waals surface area (Å²) in [6.07, 6.45) is 4.51. The van der Waals surface area contributed by atoms with Crippen LogP contribution < -0.4 is 0 Å². The van der Waals surface area contributed by atoms with Crippen LogP contribution in [-0.4, -0.2) is 17.8 Å². The molecule has 0 saturated carbocycles. The molecular weight excluding hydrogens is 176 g/mol. The molecule has 0 unspecified atom stereocenters. The zero-order chi connectivity index (χ0) is 10.6. The van der Waals surface area contributed by atoms with Crippen LogP contribution in [0.25, 0.3) is 0 Å². The number of hydrogen-bond donors (Lipinski definition) is 1. The van der Waals surface area contributed by atoms with Gasteiger partial charge in [0.1, 0.15) is 6.10 Å². The zero-order valence-corrected chi connectivity index (χ0v) is 8.40. The van der Waals surface area contributed by atoms with Crippen molar-refractivity contribution >= 4 is 0 Å². The fourth-order valence-corrected chi connectivity index (χ4v) is 1.20. The van der Waals surface area contributed by atoms with Crippen LogP contribution in [0.2, 0.25) is 0 Å². The average molecular weight is 190 g/mol. The van der Waals surface area contributed by atoms with Crippen LogP contribution >= 0.6 is 0 Å². The molecule has 1 aromatic carbocycles. The molecule has 0 heterocycles. The largest absolute Gasteiger partial charge is 0.384 e. The average Bonchev–Trinajstić information content (AvgIpc) is 2.28. The fraction of sp³-hybridized carbons (Fsp3) is 0.333. The lowest BCUT2D eigenvalue weighted by Gasteiger charge is -2.28. The summed E-state index contributed by atoms with van der Waals surface area (Å²) in [6.45, 7) is 1.69. The van der Waals surface area contributed by atoms with Crippen molar-refractivity contribution in [2.75, 3.05) is 7.11 Å². The fourth-order valence-electron chi connectivity index (χ4n) is 1.20. The van der Waals surface area contributed by atoms with E-state index in [1.54, 1.807) is 6.92 Å². The van der Waals surface area contributed by atoms with Crippen molar-refractivity contribution in [2.24, 2.45) is 0 Å². The third kappa shape index (κ3) is 1.95. The minimum Gasteiger partial charge on any atom is -0.384 e. The first-order valence-electron chi connectivity index (χ1n) is 4.40. The molecule has 1 N–H and O–H groups in total. The molecule has 0 amide bonds. The molecule has 2 nitrogen and oxygen atoms in total. The molecule has 0 aromatic heterocycles. The summed E-state index contributed by atoms with van der Waals surface area (Å²) in [5.41, 5.74) is -0.212. The Morgan fingerprint density at radius 2 is 2.00 bits per heavy atom. The van der Waals surface area contributed by atoms with Crippen molar-refractivity contribution in [2.45, 2.75) is 18.6 Å². The van der Waals surface area contributed by atoms with Crippen molar-refractivity contribution in [3.63, 3.8) is 0 Å². The van der Waals surface area contributed by atoms with Crippen molar-refractivity contribution in [1.29, 1.82) is 0 Å². The summed E-state index contributed by atoms with van der Waals surface area (Å²) in [5.74, 6) is 2.45. The summed E-state index contributed by atoms with van der Waals surface area (Å²) < 4.78 is 5.12. The van der Waals surface area contributed by atoms with Gasteiger partial charge >= 0.3 is 0 Å². The minimum atomic E-state index is -0.971. The van der Waals surface area contributed by atoms with Crippen molar-refractivity contribution in [3.8, 4) is 12.3 Å². The van der Waals surface area contributed by atoms with Crippen LogP contribution in [0.4, 0.5) is 0 Å². The van der Waals surface area contributed by atoms with Crippen LogP contribution in [0.3, 0.4) is 0 Å². The molecule has 1 rings (SSSR count). The smallest absolute Gasteiger partial charge is 0.155 e. The van der Waals surface area contributed by atoms with Crippen LogP contribution in [0.15, 0.2) is 30.3 Å². The van der Waals surface area contributed by atoms with Crippen molar-refractivity contribution in [3.05, 3.63) is 35.9 Å². The highest BCUT2D eigenvalue weighted by molar-refractivity contribution is 5.24. The third-order valence-corrected chi connectivity index (χ3v) is 2.35. The van der Waals surface area contributed by atoms with Gasteiger partial charge < -0.3 is 9.84 Å². The van der Waals surface area contributed by atoms with E-state index in [1.165, 1.54) is 7.11 Å². The van der Waals surface area contributed by atoms with E-state index >= 15 is 0 Å². The Morgan fingerprint density at radius 3 is 2.43 bits per heavy atom. The number of hydrogen-bond acceptors (Lipinski definition) is 2. The lowest BCUT2D eigenvalue weighted by molar-refractivity contribution is -0.0513. The Morgan fingerprint density at radius 1 is 1.43 bits per heavy atom. The highest BCUT2D eigenvalue weighted by atomic mass is 16.5. The Bertz CT molecular complexity index is 326. The monoisotopic (exact) mass is 190 g/mol. The molecule has 0 radical (unpaired) electrons. The predicted octanol–water partition coefficient (Wildman–Crippen LogP) is 1.76. The summed E-state index contributed by atoms with van der Waals surface area (Å²) in [5, 5.41) is 9.97. The minimum absolute atomic E-state index is 0.759. The summed E-state index contributed by atoms with van der Waals surface area (Å²) in [6, 6.07) is 9.23. The van der Waals surface area contributed by atoms with Crippen LogP contribution in [0, 0.1) is 12.3 Å². The van der Waals surface area contributed by atoms with Gasteiger partial charge in [-0.1, -0.05) is 36.3 Å². The maximum atomic E-state index is 9.97. The van der Waals surface area contributed by atoms with E-state index in [1.807, 2.05) is 30.3 Å². The molecule has 1 aromatic rings. The van der Waals surface area contributed by atoms with Gasteiger partial charge in [0, 0.05) is 7.11 Å². The first kappa shape index (κ1) is 10.8. The standard InChI is InChI=1S/C12H14O2/c1-4-12(2,14-3)11(13)10-8-6-5-7-9-10/h1,5-9,11,13H,2-3H3/t11-,12-/m0/s1. The molecule has 2 atom stereocenters. The molecule has 74 valence electrons. The second-order valence-electron chi connectivity index (χ2n) is 3.27. The highest BCUT2D eigenvalue weighted by Gasteiger charge is 2.31. The normalized spacial score (nSPS) is 16.7. The Hall–Kier alpha value is -1.30. The Kier molecular flexibility index (Phi) is 3.29. The second-order valence-corrected chi connectivity index (χ2v) is 3.27. The summed E-state index contributed by atoms with van der Waals surface area (Å²) >= 11 is 0. The Labute approximate surface area is 84.5 Å². The quantitative estimate of drug-likeness (QED) is 0.736. The van der Waals surface area contributed by atoms with Gasteiger partial charge in [0.05, 0.1) is 0 Å². The van der Waals surface area contributed by atoms with E-state index in [2.05, 4.69) is 5.92 Å². The molecule has 2 heteroatoms. The number of benzene rings is 1. The van der Waals surface area contributed by atoms with E-state index in [0.717, 1.165) is 5.56 Å². The van der Waals surface area contributed by atoms with Gasteiger partial charge in [-0.3, -0.25) is 0 Å². The highest BCUT2D eigenvalue weighted by Crippen LogP contribution is 2.27. The topological polar surface area (TPSA) is 29.5 Å². The Balaban J connectivity index is 2.96. The molecule has 14 heavy (non-hydrogen) atoms. The van der Waals surface area contributed by atoms with Gasteiger partial charge in [0.2, 0.25) is 0 Å². The van der Waals surface area contributed by atoms with Crippen molar-refractivity contribution < 1.29 is 9.84 Å². The lowest BCUT2D eigenvalue weighted by Crippen LogP contribution is -2.33. The van der Waals surface area contributed by atoms with Crippen molar-refractivity contribution in [1.82, 2.24) is 0 Å². The maximum absolute atomic E-state index is 9.97. The summed E-state index contributed by atoms with van der Waals surface area (Å²) in [4.78, 5) is 0. The number of methoxy groups -OCH3 is 1. The van der Waals surface area contributed by atoms with E-state index in [9.17, 15) is 5.11 Å². The SMILES string of the molecule is C#C[C@](C)(OC)[C@@H](O)c1ccccc1. The van der Waals surface area contributed by atoms with Gasteiger partial charge in [0.25, 0.3) is 0 Å². The molecule has 0 aliphatic carbocycles. The number of rotatable bonds is 3. The number of aliphatic hydroxyl groups is 1. The lowest BCUT2D eigenvalue weighted by atomic mass is 9.93. The van der Waals surface area contributed by atoms with Gasteiger partial charge in [-0.2, -0.15) is 0 Å². The zero-order valence-electron chi connectivity index (χ0n) is 8.40. The van der Waals surface area contributed by atoms with Gasteiger partial charge in [0.15, 0.2) is 5.60 Å². The molecule has 0 spiro atoms. The first-order chi connectivity index (χ1) is 6.64. The number of aliphatic hydroxyl groups excluding tert-OH is 1. The number of ether oxygens (including phenoxy) is 1. The van der Waals surface area contributed by atoms with Gasteiger partial charge in [-0.15, -0.1) is 6.42 Å². The van der Waals surface area contributed by atoms with Crippen LogP contribution in [0.5, 0.6) is 0 Å². The third-order valence-electron chi connectivity index (χ3n) is 2.35. The number of terminal acetylenes is 1. The van der Waals surface area contributed by atoms with Gasteiger partial charge in [-0.25, -0.2) is 0 Å². The van der Waals surface area contributed by atoms with Gasteiger partial charge in [-0.05, 0) is 12.5 Å². The maximum Gasteiger partial charge on any atom is 0.155 e. The molecule has 0 aliphatic rings. The van der Waals surface area contributed by atoms with E-state index < -0.39 is 11.7 Å². The first-order valence-corrected chi connectivity index (χ1v) is 4.40. The molecule has 0 saturated heterocycles. The van der Waals surface area contributed by atoms with E-state index in [-0.39, 0.29) is 0 Å². The van der Waals surface area contributed by atoms with Crippen LogP contribution in [0.1, 0.15) is 18.6 Å². The molecule has 0 bridgehead atoms. The van der Waals surface area contributed by atoms with Crippen LogP contribution in [-0.2, 0) is 4.74 Å². The van der Waals surface area contributed by atoms with E-state index in [0.29, 0.717) is 0 Å².